The Morgan fingerprint density at radius 3 is 3.00 bits per heavy atom. The highest BCUT2D eigenvalue weighted by molar-refractivity contribution is 7.43. The molecule has 0 amide bonds. The number of nitrogens with one attached hydrogen (secondary N) is 1. The SMILES string of the molecule is NP(O)Oc1nnn[nH]1. The molecule has 0 saturated heterocycles. The van der Waals surface area contributed by atoms with Gasteiger partial charge in [-0.2, -0.15) is 0 Å². The Morgan fingerprint density at radius 2 is 2.56 bits per heavy atom. The van der Waals surface area contributed by atoms with E-state index in [9.17, 15) is 0 Å². The fraction of sp³-hybridized carbons (Fsp3) is 0. The summed E-state index contributed by atoms with van der Waals surface area (Å²) < 4.78 is 4.46. The van der Waals surface area contributed by atoms with E-state index in [2.05, 4.69) is 25.1 Å². The molecule has 0 aliphatic rings. The minimum atomic E-state index is -1.92. The van der Waals surface area contributed by atoms with Crippen LogP contribution < -0.4 is 10.0 Å². The van der Waals surface area contributed by atoms with Gasteiger partial charge in [-0.3, -0.25) is 5.50 Å². The van der Waals surface area contributed by atoms with Crippen LogP contribution in [0.1, 0.15) is 0 Å². The number of aromatic amines is 1. The Bertz CT molecular complexity index is 161. The molecular weight excluding hydrogens is 145 g/mol. The lowest BCUT2D eigenvalue weighted by molar-refractivity contribution is 0.463. The van der Waals surface area contributed by atoms with Crippen molar-refractivity contribution in [3.63, 3.8) is 0 Å². The number of aromatic nitrogens is 4. The van der Waals surface area contributed by atoms with Crippen LogP contribution in [0.15, 0.2) is 0 Å². The van der Waals surface area contributed by atoms with E-state index in [1.807, 2.05) is 0 Å². The van der Waals surface area contributed by atoms with Crippen LogP contribution in [0.3, 0.4) is 0 Å². The third kappa shape index (κ3) is 1.88. The predicted octanol–water partition coefficient (Wildman–Crippen LogP) is -1.24. The monoisotopic (exact) mass is 149 g/mol. The summed E-state index contributed by atoms with van der Waals surface area (Å²) >= 11 is 0. The molecule has 0 radical (unpaired) electrons. The Hall–Kier alpha value is -0.780. The number of hydrogen-bond donors (Lipinski definition) is 3. The number of tetrazole rings is 1. The van der Waals surface area contributed by atoms with Crippen LogP contribution in [0.5, 0.6) is 6.01 Å². The minimum absolute atomic E-state index is 0.0195. The van der Waals surface area contributed by atoms with Crippen molar-refractivity contribution in [3.8, 4) is 6.01 Å². The molecule has 0 aliphatic heterocycles. The van der Waals surface area contributed by atoms with Gasteiger partial charge in [-0.05, 0) is 10.4 Å². The van der Waals surface area contributed by atoms with Gasteiger partial charge in [-0.25, -0.2) is 5.10 Å². The van der Waals surface area contributed by atoms with Gasteiger partial charge < -0.3 is 9.42 Å². The number of nitrogens with two attached hydrogens (primary N) is 1. The van der Waals surface area contributed by atoms with Gasteiger partial charge >= 0.3 is 14.5 Å². The summed E-state index contributed by atoms with van der Waals surface area (Å²) in [6.07, 6.45) is 0. The first-order valence-corrected chi connectivity index (χ1v) is 3.22. The topological polar surface area (TPSA) is 110 Å². The Labute approximate surface area is 51.2 Å². The van der Waals surface area contributed by atoms with Crippen molar-refractivity contribution < 1.29 is 9.42 Å². The highest BCUT2D eigenvalue weighted by atomic mass is 31.2. The second kappa shape index (κ2) is 2.67. The quantitative estimate of drug-likeness (QED) is 0.453. The zero-order valence-electron chi connectivity index (χ0n) is 4.22. The van der Waals surface area contributed by atoms with Crippen LogP contribution in [-0.4, -0.2) is 25.5 Å². The first-order valence-electron chi connectivity index (χ1n) is 1.94. The zero-order valence-corrected chi connectivity index (χ0v) is 5.12. The van der Waals surface area contributed by atoms with Gasteiger partial charge in [0.25, 0.3) is 0 Å². The van der Waals surface area contributed by atoms with E-state index in [1.165, 1.54) is 0 Å². The van der Waals surface area contributed by atoms with Gasteiger partial charge in [0.1, 0.15) is 0 Å². The van der Waals surface area contributed by atoms with E-state index in [0.29, 0.717) is 0 Å². The second-order valence-electron chi connectivity index (χ2n) is 1.10. The summed E-state index contributed by atoms with van der Waals surface area (Å²) in [5.74, 6) is 0. The maximum absolute atomic E-state index is 8.43. The summed E-state index contributed by atoms with van der Waals surface area (Å²) in [4.78, 5) is 8.43. The molecule has 0 aromatic carbocycles. The van der Waals surface area contributed by atoms with Crippen LogP contribution >= 0.6 is 8.53 Å². The van der Waals surface area contributed by atoms with E-state index in [4.69, 9.17) is 10.4 Å². The van der Waals surface area contributed by atoms with Crippen molar-refractivity contribution in [3.05, 3.63) is 0 Å². The molecule has 50 valence electrons. The van der Waals surface area contributed by atoms with Gasteiger partial charge in [-0.15, -0.1) is 0 Å². The van der Waals surface area contributed by atoms with E-state index in [0.717, 1.165) is 0 Å². The molecule has 1 aromatic heterocycles. The first kappa shape index (κ1) is 6.34. The van der Waals surface area contributed by atoms with Crippen LogP contribution in [-0.2, 0) is 0 Å². The molecular formula is CH4N5O2P. The molecule has 1 aromatic rings. The number of nitrogens with zero attached hydrogens (tertiary/aromatic N) is 3. The number of H-pyrrole nitrogens is 1. The minimum Gasteiger partial charge on any atom is -0.401 e. The molecule has 0 aliphatic carbocycles. The third-order valence-electron chi connectivity index (χ3n) is 0.506. The van der Waals surface area contributed by atoms with Crippen LogP contribution in [0.2, 0.25) is 0 Å². The van der Waals surface area contributed by atoms with Crippen molar-refractivity contribution in [2.24, 2.45) is 5.50 Å². The molecule has 1 unspecified atom stereocenters. The summed E-state index contributed by atoms with van der Waals surface area (Å²) in [7, 11) is -1.92. The van der Waals surface area contributed by atoms with Gasteiger partial charge in [0.2, 0.25) is 0 Å². The number of hydrogen-bond acceptors (Lipinski definition) is 6. The van der Waals surface area contributed by atoms with Gasteiger partial charge in [0.15, 0.2) is 0 Å². The highest BCUT2D eigenvalue weighted by Crippen LogP contribution is 2.19. The standard InChI is InChI=1S/CH4N5O2P/c2-9(7)8-1-3-5-6-4-1/h7H,2H2,(H,3,4,5,6). The lowest BCUT2D eigenvalue weighted by Crippen LogP contribution is -1.95. The number of rotatable bonds is 2. The second-order valence-corrected chi connectivity index (χ2v) is 1.89. The zero-order chi connectivity index (χ0) is 6.69. The van der Waals surface area contributed by atoms with E-state index < -0.39 is 8.53 Å². The lowest BCUT2D eigenvalue weighted by atomic mass is 11.3. The van der Waals surface area contributed by atoms with E-state index in [-0.39, 0.29) is 6.01 Å². The fourth-order valence-electron chi connectivity index (χ4n) is 0.278. The molecule has 1 heterocycles. The normalized spacial score (nSPS) is 13.1. The molecule has 9 heavy (non-hydrogen) atoms. The van der Waals surface area contributed by atoms with Crippen molar-refractivity contribution in [2.45, 2.75) is 0 Å². The van der Waals surface area contributed by atoms with Crippen molar-refractivity contribution >= 4 is 8.53 Å². The highest BCUT2D eigenvalue weighted by Gasteiger charge is 2.01. The van der Waals surface area contributed by atoms with Crippen LogP contribution in [0.4, 0.5) is 0 Å². The lowest BCUT2D eigenvalue weighted by Gasteiger charge is -1.98. The predicted molar refractivity (Wildman–Crippen MR) is 28.1 cm³/mol. The molecule has 0 spiro atoms. The maximum Gasteiger partial charge on any atom is 0.338 e. The van der Waals surface area contributed by atoms with Gasteiger partial charge in [-0.1, -0.05) is 5.10 Å². The summed E-state index contributed by atoms with van der Waals surface area (Å²) in [6.45, 7) is 0. The summed E-state index contributed by atoms with van der Waals surface area (Å²) in [5, 5.41) is 11.9. The third-order valence-corrected chi connectivity index (χ3v) is 0.866. The Kier molecular flexibility index (Phi) is 1.88. The molecule has 8 heteroatoms. The van der Waals surface area contributed by atoms with E-state index >= 15 is 0 Å². The molecule has 7 nitrogen and oxygen atoms in total. The first-order chi connectivity index (χ1) is 4.29. The molecule has 0 bridgehead atoms. The van der Waals surface area contributed by atoms with Crippen LogP contribution in [0, 0.1) is 0 Å². The molecule has 1 rings (SSSR count). The Morgan fingerprint density at radius 1 is 1.78 bits per heavy atom. The average molecular weight is 149 g/mol. The fourth-order valence-corrected chi connectivity index (χ4v) is 0.532. The Balaban J connectivity index is 2.48. The molecule has 1 atom stereocenters. The maximum atomic E-state index is 8.43. The molecule has 0 fully saturated rings. The largest absolute Gasteiger partial charge is 0.401 e. The van der Waals surface area contributed by atoms with Crippen molar-refractivity contribution in [2.75, 3.05) is 0 Å². The van der Waals surface area contributed by atoms with E-state index in [1.54, 1.807) is 0 Å². The molecule has 0 saturated carbocycles. The summed E-state index contributed by atoms with van der Waals surface area (Å²) in [6, 6.07) is 0.0195. The molecule has 4 N–H and O–H groups in total. The average Bonchev–Trinajstić information content (AvgIpc) is 2.15. The van der Waals surface area contributed by atoms with Crippen molar-refractivity contribution in [1.29, 1.82) is 0 Å². The van der Waals surface area contributed by atoms with Crippen LogP contribution in [0.25, 0.3) is 0 Å². The van der Waals surface area contributed by atoms with Crippen molar-refractivity contribution in [1.82, 2.24) is 20.6 Å². The summed E-state index contributed by atoms with van der Waals surface area (Å²) in [5.41, 5.74) is 4.87. The van der Waals surface area contributed by atoms with Gasteiger partial charge in [0, 0.05) is 0 Å². The van der Waals surface area contributed by atoms with Gasteiger partial charge in [0.05, 0.1) is 0 Å². The smallest absolute Gasteiger partial charge is 0.338 e.